The van der Waals surface area contributed by atoms with Gasteiger partial charge in [0, 0.05) is 6.08 Å². The minimum absolute atomic E-state index is 1.43. The van der Waals surface area contributed by atoms with Crippen molar-refractivity contribution in [2.45, 2.75) is 6.92 Å². The van der Waals surface area contributed by atoms with Crippen molar-refractivity contribution < 1.29 is 0 Å². The lowest BCUT2D eigenvalue weighted by Gasteiger charge is -1.61. The molecule has 1 nitrogen and oxygen atoms in total. The standard InChI is InChI=1S/C6H7N/c1-2-3-4-5-6-7/h2-5H,1H3. The van der Waals surface area contributed by atoms with Gasteiger partial charge in [0.05, 0.1) is 6.07 Å². The topological polar surface area (TPSA) is 23.8 Å². The molecule has 7 heavy (non-hydrogen) atoms. The van der Waals surface area contributed by atoms with Gasteiger partial charge in [0.1, 0.15) is 0 Å². The first-order valence-corrected chi connectivity index (χ1v) is 2.09. The van der Waals surface area contributed by atoms with Gasteiger partial charge in [-0.1, -0.05) is 18.2 Å². The SMILES string of the molecule is CC=CC=CC#N. The van der Waals surface area contributed by atoms with Gasteiger partial charge in [-0.15, -0.1) is 0 Å². The molecule has 0 aliphatic heterocycles. The van der Waals surface area contributed by atoms with Crippen LogP contribution in [0, 0.1) is 11.3 Å². The van der Waals surface area contributed by atoms with E-state index in [1.807, 2.05) is 25.1 Å². The van der Waals surface area contributed by atoms with E-state index in [4.69, 9.17) is 5.26 Å². The molecule has 0 aromatic carbocycles. The summed E-state index contributed by atoms with van der Waals surface area (Å²) in [6, 6.07) is 1.87. The number of hydrogen-bond acceptors (Lipinski definition) is 1. The van der Waals surface area contributed by atoms with Crippen LogP contribution in [-0.2, 0) is 0 Å². The molecule has 0 radical (unpaired) electrons. The Balaban J connectivity index is 3.33. The maximum Gasteiger partial charge on any atom is 0.0912 e. The lowest BCUT2D eigenvalue weighted by atomic mass is 10.5. The van der Waals surface area contributed by atoms with E-state index >= 15 is 0 Å². The molecule has 0 aliphatic carbocycles. The molecule has 0 aromatic heterocycles. The van der Waals surface area contributed by atoms with Crippen LogP contribution in [0.2, 0.25) is 0 Å². The molecule has 0 saturated heterocycles. The highest BCUT2D eigenvalue weighted by Gasteiger charge is 1.54. The van der Waals surface area contributed by atoms with Crippen LogP contribution in [-0.4, -0.2) is 0 Å². The van der Waals surface area contributed by atoms with Crippen LogP contribution in [0.1, 0.15) is 6.92 Å². The third-order valence-electron chi connectivity index (χ3n) is 0.474. The van der Waals surface area contributed by atoms with E-state index in [2.05, 4.69) is 0 Å². The summed E-state index contributed by atoms with van der Waals surface area (Å²) in [5, 5.41) is 7.92. The molecule has 0 N–H and O–H groups in total. The lowest BCUT2D eigenvalue weighted by molar-refractivity contribution is 1.53. The van der Waals surface area contributed by atoms with Gasteiger partial charge in [-0.25, -0.2) is 0 Å². The first-order valence-electron chi connectivity index (χ1n) is 2.09. The molecule has 0 fully saturated rings. The average molecular weight is 93.1 g/mol. The van der Waals surface area contributed by atoms with Crippen molar-refractivity contribution in [3.8, 4) is 6.07 Å². The summed E-state index contributed by atoms with van der Waals surface area (Å²) in [6.07, 6.45) is 6.80. The predicted molar refractivity (Wildman–Crippen MR) is 29.6 cm³/mol. The van der Waals surface area contributed by atoms with E-state index in [9.17, 15) is 0 Å². The Hall–Kier alpha value is -1.03. The van der Waals surface area contributed by atoms with Gasteiger partial charge in [0.25, 0.3) is 0 Å². The molecule has 0 bridgehead atoms. The summed E-state index contributed by atoms with van der Waals surface area (Å²) in [7, 11) is 0. The van der Waals surface area contributed by atoms with Crippen LogP contribution in [0.3, 0.4) is 0 Å². The van der Waals surface area contributed by atoms with E-state index in [1.54, 1.807) is 6.08 Å². The highest BCUT2D eigenvalue weighted by molar-refractivity contribution is 5.10. The Morgan fingerprint density at radius 3 is 2.57 bits per heavy atom. The highest BCUT2D eigenvalue weighted by Crippen LogP contribution is 1.71. The fourth-order valence-corrected chi connectivity index (χ4v) is 0.210. The number of nitrogens with zero attached hydrogens (tertiary/aromatic N) is 1. The van der Waals surface area contributed by atoms with Gasteiger partial charge in [0.2, 0.25) is 0 Å². The first-order chi connectivity index (χ1) is 3.41. The van der Waals surface area contributed by atoms with Gasteiger partial charge in [-0.3, -0.25) is 0 Å². The van der Waals surface area contributed by atoms with E-state index in [1.165, 1.54) is 6.08 Å². The molecule has 0 heterocycles. The molecule has 0 atom stereocenters. The molecule has 0 aromatic rings. The van der Waals surface area contributed by atoms with Crippen molar-refractivity contribution in [3.63, 3.8) is 0 Å². The minimum atomic E-state index is 1.43. The second kappa shape index (κ2) is 4.97. The number of rotatable bonds is 1. The zero-order chi connectivity index (χ0) is 5.54. The predicted octanol–water partition coefficient (Wildman–Crippen LogP) is 1.64. The Kier molecular flexibility index (Phi) is 4.24. The normalized spacial score (nSPS) is 10.3. The second-order valence-corrected chi connectivity index (χ2v) is 1.01. The van der Waals surface area contributed by atoms with Crippen LogP contribution < -0.4 is 0 Å². The molecular weight excluding hydrogens is 86.1 g/mol. The van der Waals surface area contributed by atoms with Crippen molar-refractivity contribution >= 4 is 0 Å². The number of allylic oxidation sites excluding steroid dienone is 4. The summed E-state index contributed by atoms with van der Waals surface area (Å²) in [6.45, 7) is 1.90. The van der Waals surface area contributed by atoms with Crippen LogP contribution >= 0.6 is 0 Å². The highest BCUT2D eigenvalue weighted by atomic mass is 14.2. The quantitative estimate of drug-likeness (QED) is 0.357. The van der Waals surface area contributed by atoms with Gasteiger partial charge in [-0.2, -0.15) is 5.26 Å². The van der Waals surface area contributed by atoms with Crippen molar-refractivity contribution in [3.05, 3.63) is 24.3 Å². The lowest BCUT2D eigenvalue weighted by Crippen LogP contribution is -1.43. The first kappa shape index (κ1) is 5.97. The van der Waals surface area contributed by atoms with Gasteiger partial charge in [-0.05, 0) is 6.92 Å². The Bertz CT molecular complexity index is 115. The monoisotopic (exact) mass is 93.1 g/mol. The average Bonchev–Trinajstić information content (AvgIpc) is 1.69. The Morgan fingerprint density at radius 2 is 2.14 bits per heavy atom. The number of hydrogen-bond donors (Lipinski definition) is 0. The van der Waals surface area contributed by atoms with E-state index in [0.29, 0.717) is 0 Å². The van der Waals surface area contributed by atoms with E-state index in [0.717, 1.165) is 0 Å². The summed E-state index contributed by atoms with van der Waals surface area (Å²) < 4.78 is 0. The maximum absolute atomic E-state index is 7.92. The Morgan fingerprint density at radius 1 is 1.43 bits per heavy atom. The molecule has 0 spiro atoms. The zero-order valence-electron chi connectivity index (χ0n) is 4.26. The van der Waals surface area contributed by atoms with Crippen molar-refractivity contribution in [1.82, 2.24) is 0 Å². The fraction of sp³-hybridized carbons (Fsp3) is 0.167. The molecule has 1 heteroatoms. The third-order valence-corrected chi connectivity index (χ3v) is 0.474. The van der Waals surface area contributed by atoms with Gasteiger partial charge in [0.15, 0.2) is 0 Å². The molecular formula is C6H7N. The fourth-order valence-electron chi connectivity index (χ4n) is 0.210. The smallest absolute Gasteiger partial charge is 0.0912 e. The van der Waals surface area contributed by atoms with Crippen LogP contribution in [0.25, 0.3) is 0 Å². The molecule has 36 valence electrons. The Labute approximate surface area is 43.6 Å². The van der Waals surface area contributed by atoms with Gasteiger partial charge >= 0.3 is 0 Å². The zero-order valence-corrected chi connectivity index (χ0v) is 4.26. The molecule has 0 unspecified atom stereocenters. The maximum atomic E-state index is 7.92. The molecule has 0 amide bonds. The third kappa shape index (κ3) is 4.97. The van der Waals surface area contributed by atoms with Crippen LogP contribution in [0.5, 0.6) is 0 Å². The summed E-state index contributed by atoms with van der Waals surface area (Å²) >= 11 is 0. The molecule has 0 rings (SSSR count). The molecule has 0 saturated carbocycles. The van der Waals surface area contributed by atoms with Crippen molar-refractivity contribution in [2.75, 3.05) is 0 Å². The van der Waals surface area contributed by atoms with Crippen molar-refractivity contribution in [2.24, 2.45) is 0 Å². The van der Waals surface area contributed by atoms with Crippen molar-refractivity contribution in [1.29, 1.82) is 5.26 Å². The summed E-state index contributed by atoms with van der Waals surface area (Å²) in [5.74, 6) is 0. The largest absolute Gasteiger partial charge is 0.193 e. The van der Waals surface area contributed by atoms with E-state index in [-0.39, 0.29) is 0 Å². The summed E-state index contributed by atoms with van der Waals surface area (Å²) in [5.41, 5.74) is 0. The van der Waals surface area contributed by atoms with Gasteiger partial charge < -0.3 is 0 Å². The summed E-state index contributed by atoms with van der Waals surface area (Å²) in [4.78, 5) is 0. The van der Waals surface area contributed by atoms with Crippen LogP contribution in [0.15, 0.2) is 24.3 Å². The number of nitriles is 1. The van der Waals surface area contributed by atoms with E-state index < -0.39 is 0 Å². The second-order valence-electron chi connectivity index (χ2n) is 1.01. The van der Waals surface area contributed by atoms with Crippen LogP contribution in [0.4, 0.5) is 0 Å². The molecule has 0 aliphatic rings. The minimum Gasteiger partial charge on any atom is -0.193 e.